The fourth-order valence-electron chi connectivity index (χ4n) is 3.54. The van der Waals surface area contributed by atoms with Gasteiger partial charge in [0.05, 0.1) is 0 Å². The fourth-order valence-corrected chi connectivity index (χ4v) is 3.54. The molecule has 1 saturated heterocycles. The van der Waals surface area contributed by atoms with E-state index in [9.17, 15) is 0 Å². The van der Waals surface area contributed by atoms with E-state index < -0.39 is 0 Å². The zero-order valence-electron chi connectivity index (χ0n) is 11.9. The number of hydrogen-bond donors (Lipinski definition) is 0. The lowest BCUT2D eigenvalue weighted by Crippen LogP contribution is -2.29. The van der Waals surface area contributed by atoms with Gasteiger partial charge >= 0.3 is 0 Å². The van der Waals surface area contributed by atoms with Gasteiger partial charge in [-0.1, -0.05) is 36.8 Å². The van der Waals surface area contributed by atoms with Crippen molar-refractivity contribution in [2.75, 3.05) is 13.1 Å². The summed E-state index contributed by atoms with van der Waals surface area (Å²) >= 11 is 0. The van der Waals surface area contributed by atoms with Crippen molar-refractivity contribution in [3.05, 3.63) is 41.5 Å². The van der Waals surface area contributed by atoms with Gasteiger partial charge in [0.2, 0.25) is 0 Å². The summed E-state index contributed by atoms with van der Waals surface area (Å²) in [4.78, 5) is 2.67. The highest BCUT2D eigenvalue weighted by Gasteiger charge is 2.20. The van der Waals surface area contributed by atoms with Gasteiger partial charge in [0.25, 0.3) is 0 Å². The third-order valence-electron chi connectivity index (χ3n) is 4.51. The quantitative estimate of drug-likeness (QED) is 0.730. The van der Waals surface area contributed by atoms with Crippen LogP contribution in [0.2, 0.25) is 0 Å². The number of rotatable bonds is 2. The molecule has 1 aliphatic heterocycles. The topological polar surface area (TPSA) is 3.24 Å². The molecule has 102 valence electrons. The molecule has 1 saturated carbocycles. The zero-order chi connectivity index (χ0) is 12.9. The van der Waals surface area contributed by atoms with Crippen LogP contribution in [0.5, 0.6) is 0 Å². The van der Waals surface area contributed by atoms with Gasteiger partial charge in [-0.05, 0) is 56.1 Å². The van der Waals surface area contributed by atoms with Gasteiger partial charge in [0.15, 0.2) is 0 Å². The van der Waals surface area contributed by atoms with E-state index in [1.54, 1.807) is 11.3 Å². The summed E-state index contributed by atoms with van der Waals surface area (Å²) in [6, 6.07) is 11.1. The summed E-state index contributed by atoms with van der Waals surface area (Å²) in [5.41, 5.74) is 4.75. The second kappa shape index (κ2) is 6.27. The van der Waals surface area contributed by atoms with Crippen molar-refractivity contribution < 1.29 is 0 Å². The molecule has 0 bridgehead atoms. The van der Waals surface area contributed by atoms with E-state index in [4.69, 9.17) is 0 Å². The molecule has 19 heavy (non-hydrogen) atoms. The molecule has 2 aliphatic rings. The molecule has 3 rings (SSSR count). The molecule has 0 spiro atoms. The average molecular weight is 255 g/mol. The van der Waals surface area contributed by atoms with E-state index in [1.807, 2.05) is 0 Å². The molecular formula is C18H25N. The molecule has 1 aromatic rings. The molecule has 2 fully saturated rings. The zero-order valence-corrected chi connectivity index (χ0v) is 11.9. The van der Waals surface area contributed by atoms with Crippen molar-refractivity contribution in [3.63, 3.8) is 0 Å². The van der Waals surface area contributed by atoms with E-state index in [1.165, 1.54) is 70.0 Å². The summed E-state index contributed by atoms with van der Waals surface area (Å²) < 4.78 is 0. The van der Waals surface area contributed by atoms with Gasteiger partial charge in [0.1, 0.15) is 0 Å². The Hall–Kier alpha value is -1.24. The first-order valence-electron chi connectivity index (χ1n) is 7.97. The highest BCUT2D eigenvalue weighted by Crippen LogP contribution is 2.34. The lowest BCUT2D eigenvalue weighted by molar-refractivity contribution is 0.322. The van der Waals surface area contributed by atoms with Crippen molar-refractivity contribution in [3.8, 4) is 0 Å². The summed E-state index contributed by atoms with van der Waals surface area (Å²) in [5, 5.41) is 0. The number of nitrogens with zero attached hydrogens (tertiary/aromatic N) is 1. The molecule has 1 heteroatoms. The van der Waals surface area contributed by atoms with Crippen LogP contribution in [-0.4, -0.2) is 18.0 Å². The Morgan fingerprint density at radius 1 is 0.737 bits per heavy atom. The van der Waals surface area contributed by atoms with Crippen LogP contribution in [-0.2, 0) is 0 Å². The maximum Gasteiger partial charge on any atom is 0.0431 e. The standard InChI is InChI=1S/C18H25N/c1-4-10-16(11-5-1)18(17-12-6-2-7-13-17)19-14-8-3-9-15-19/h1,4-5,10-11H,2-3,6-9,12-15H2. The minimum Gasteiger partial charge on any atom is -0.371 e. The van der Waals surface area contributed by atoms with Crippen LogP contribution in [0.1, 0.15) is 56.9 Å². The van der Waals surface area contributed by atoms with Crippen LogP contribution in [0, 0.1) is 0 Å². The van der Waals surface area contributed by atoms with E-state index in [0.29, 0.717) is 0 Å². The molecule has 0 atom stereocenters. The Kier molecular flexibility index (Phi) is 4.22. The predicted octanol–water partition coefficient (Wildman–Crippen LogP) is 4.85. The third kappa shape index (κ3) is 3.02. The minimum absolute atomic E-state index is 1.26. The van der Waals surface area contributed by atoms with Gasteiger partial charge in [0, 0.05) is 18.8 Å². The summed E-state index contributed by atoms with van der Waals surface area (Å²) in [6.07, 6.45) is 11.0. The number of allylic oxidation sites excluding steroid dienone is 1. The highest BCUT2D eigenvalue weighted by atomic mass is 15.1. The summed E-state index contributed by atoms with van der Waals surface area (Å²) in [5.74, 6) is 0. The molecule has 1 nitrogen and oxygen atoms in total. The summed E-state index contributed by atoms with van der Waals surface area (Å²) in [6.45, 7) is 2.52. The number of piperidine rings is 1. The van der Waals surface area contributed by atoms with Gasteiger partial charge in [-0.2, -0.15) is 0 Å². The minimum atomic E-state index is 1.26. The molecule has 0 N–H and O–H groups in total. The molecule has 0 unspecified atom stereocenters. The Morgan fingerprint density at radius 3 is 2.05 bits per heavy atom. The maximum atomic E-state index is 2.67. The molecule has 1 aliphatic carbocycles. The Bertz CT molecular complexity index is 418. The van der Waals surface area contributed by atoms with Crippen molar-refractivity contribution in [2.24, 2.45) is 0 Å². The van der Waals surface area contributed by atoms with Crippen LogP contribution in [0.4, 0.5) is 0 Å². The molecule has 0 amide bonds. The molecular weight excluding hydrogens is 230 g/mol. The number of benzene rings is 1. The van der Waals surface area contributed by atoms with Crippen LogP contribution in [0.15, 0.2) is 35.9 Å². The Morgan fingerprint density at radius 2 is 1.37 bits per heavy atom. The van der Waals surface area contributed by atoms with Crippen molar-refractivity contribution >= 4 is 5.70 Å². The monoisotopic (exact) mass is 255 g/mol. The lowest BCUT2D eigenvalue weighted by atomic mass is 9.90. The van der Waals surface area contributed by atoms with Crippen LogP contribution in [0.3, 0.4) is 0 Å². The van der Waals surface area contributed by atoms with Crippen LogP contribution in [0.25, 0.3) is 5.70 Å². The molecule has 1 aromatic carbocycles. The second-order valence-corrected chi connectivity index (χ2v) is 5.93. The second-order valence-electron chi connectivity index (χ2n) is 5.93. The van der Waals surface area contributed by atoms with Crippen molar-refractivity contribution in [2.45, 2.75) is 51.4 Å². The Labute approximate surface area is 117 Å². The van der Waals surface area contributed by atoms with Crippen LogP contribution >= 0.6 is 0 Å². The van der Waals surface area contributed by atoms with E-state index >= 15 is 0 Å². The van der Waals surface area contributed by atoms with Gasteiger partial charge in [-0.25, -0.2) is 0 Å². The van der Waals surface area contributed by atoms with Crippen molar-refractivity contribution in [1.82, 2.24) is 4.90 Å². The molecule has 0 radical (unpaired) electrons. The highest BCUT2D eigenvalue weighted by molar-refractivity contribution is 5.67. The molecule has 1 heterocycles. The van der Waals surface area contributed by atoms with E-state index in [2.05, 4.69) is 35.2 Å². The van der Waals surface area contributed by atoms with Gasteiger partial charge in [-0.3, -0.25) is 0 Å². The summed E-state index contributed by atoms with van der Waals surface area (Å²) in [7, 11) is 0. The van der Waals surface area contributed by atoms with Crippen molar-refractivity contribution in [1.29, 1.82) is 0 Å². The maximum absolute atomic E-state index is 2.67. The average Bonchev–Trinajstić information content (AvgIpc) is 2.51. The predicted molar refractivity (Wildman–Crippen MR) is 81.9 cm³/mol. The SMILES string of the molecule is c1ccc(C(=C2CCCCC2)N2CCCCC2)cc1. The first-order valence-corrected chi connectivity index (χ1v) is 7.97. The molecule has 0 aromatic heterocycles. The van der Waals surface area contributed by atoms with Crippen LogP contribution < -0.4 is 0 Å². The van der Waals surface area contributed by atoms with E-state index in [0.717, 1.165) is 0 Å². The number of likely N-dealkylation sites (tertiary alicyclic amines) is 1. The third-order valence-corrected chi connectivity index (χ3v) is 4.51. The normalized spacial score (nSPS) is 20.4. The number of hydrogen-bond acceptors (Lipinski definition) is 1. The Balaban J connectivity index is 1.94. The first kappa shape index (κ1) is 12.8. The fraction of sp³-hybridized carbons (Fsp3) is 0.556. The smallest absolute Gasteiger partial charge is 0.0431 e. The first-order chi connectivity index (χ1) is 9.45. The van der Waals surface area contributed by atoms with Gasteiger partial charge < -0.3 is 4.90 Å². The van der Waals surface area contributed by atoms with Gasteiger partial charge in [-0.15, -0.1) is 0 Å². The lowest BCUT2D eigenvalue weighted by Gasteiger charge is -2.34. The van der Waals surface area contributed by atoms with E-state index in [-0.39, 0.29) is 0 Å². The largest absolute Gasteiger partial charge is 0.371 e.